The van der Waals surface area contributed by atoms with E-state index < -0.39 is 11.9 Å². The lowest BCUT2D eigenvalue weighted by molar-refractivity contribution is 0.0965. The Hall–Kier alpha value is -2.24. The van der Waals surface area contributed by atoms with E-state index in [2.05, 4.69) is 0 Å². The quantitative estimate of drug-likeness (QED) is 0.713. The number of ether oxygens (including phenoxy) is 2. The molecule has 1 aromatic rings. The van der Waals surface area contributed by atoms with Crippen LogP contribution >= 0.6 is 0 Å². The molecule has 0 bridgehead atoms. The van der Waals surface area contributed by atoms with E-state index >= 15 is 0 Å². The average Bonchev–Trinajstić information content (AvgIpc) is 2.27. The number of imide groups is 1. The van der Waals surface area contributed by atoms with E-state index in [4.69, 9.17) is 15.2 Å². The zero-order valence-electron chi connectivity index (χ0n) is 8.36. The maximum absolute atomic E-state index is 11.4. The van der Waals surface area contributed by atoms with Gasteiger partial charge in [0.2, 0.25) is 0 Å². The second-order valence-corrected chi connectivity index (χ2v) is 3.18. The van der Waals surface area contributed by atoms with Crippen molar-refractivity contribution in [1.82, 2.24) is 5.32 Å². The van der Waals surface area contributed by atoms with Crippen molar-refractivity contribution in [3.8, 4) is 11.5 Å². The number of hydrogen-bond donors (Lipinski definition) is 2. The molecule has 0 radical (unpaired) electrons. The molecule has 6 heteroatoms. The van der Waals surface area contributed by atoms with Crippen molar-refractivity contribution < 1.29 is 19.1 Å². The van der Waals surface area contributed by atoms with Gasteiger partial charge in [0, 0.05) is 5.56 Å². The van der Waals surface area contributed by atoms with Gasteiger partial charge in [-0.1, -0.05) is 0 Å². The molecule has 0 aromatic heterocycles. The van der Waals surface area contributed by atoms with Crippen LogP contribution in [0.5, 0.6) is 11.5 Å². The first-order valence-corrected chi connectivity index (χ1v) is 4.67. The summed E-state index contributed by atoms with van der Waals surface area (Å²) < 4.78 is 10.6. The second-order valence-electron chi connectivity index (χ2n) is 3.18. The molecule has 3 N–H and O–H groups in total. The van der Waals surface area contributed by atoms with E-state index in [1.54, 1.807) is 6.07 Å². The predicted molar refractivity (Wildman–Crippen MR) is 54.5 cm³/mol. The van der Waals surface area contributed by atoms with Crippen LogP contribution in [0.15, 0.2) is 18.2 Å². The van der Waals surface area contributed by atoms with Gasteiger partial charge in [0.05, 0.1) is 0 Å². The van der Waals surface area contributed by atoms with Crippen molar-refractivity contribution in [2.75, 3.05) is 13.2 Å². The summed E-state index contributed by atoms with van der Waals surface area (Å²) in [6.45, 7) is 0.924. The number of urea groups is 1. The molecule has 0 unspecified atom stereocenters. The molecule has 0 atom stereocenters. The fourth-order valence-electron chi connectivity index (χ4n) is 1.37. The van der Waals surface area contributed by atoms with Crippen LogP contribution in [0, 0.1) is 0 Å². The molecule has 2 rings (SSSR count). The van der Waals surface area contributed by atoms with Crippen molar-refractivity contribution in [2.24, 2.45) is 5.73 Å². The van der Waals surface area contributed by atoms with E-state index in [9.17, 15) is 9.59 Å². The molecule has 1 aliphatic rings. The highest BCUT2D eigenvalue weighted by molar-refractivity contribution is 6.04. The second kappa shape index (κ2) is 4.09. The molecule has 1 aliphatic heterocycles. The van der Waals surface area contributed by atoms with E-state index in [0.717, 1.165) is 0 Å². The molecule has 16 heavy (non-hydrogen) atoms. The molecule has 1 heterocycles. The molecule has 0 spiro atoms. The Labute approximate surface area is 91.3 Å². The Morgan fingerprint density at radius 1 is 1.19 bits per heavy atom. The van der Waals surface area contributed by atoms with E-state index in [1.807, 2.05) is 5.32 Å². The Balaban J connectivity index is 2.23. The van der Waals surface area contributed by atoms with Gasteiger partial charge in [-0.25, -0.2) is 4.79 Å². The lowest BCUT2D eigenvalue weighted by atomic mass is 10.2. The zero-order chi connectivity index (χ0) is 11.5. The summed E-state index contributed by atoms with van der Waals surface area (Å²) in [5, 5.41) is 1.97. The summed E-state index contributed by atoms with van der Waals surface area (Å²) in [4.78, 5) is 21.9. The molecule has 0 fully saturated rings. The fraction of sp³-hybridized carbons (Fsp3) is 0.200. The van der Waals surface area contributed by atoms with Gasteiger partial charge in [-0.05, 0) is 18.2 Å². The van der Waals surface area contributed by atoms with Crippen LogP contribution in [0.3, 0.4) is 0 Å². The van der Waals surface area contributed by atoms with Crippen LogP contribution in [-0.4, -0.2) is 25.2 Å². The number of carbonyl (C=O) groups is 2. The number of benzene rings is 1. The third-order valence-electron chi connectivity index (χ3n) is 2.04. The highest BCUT2D eigenvalue weighted by Gasteiger charge is 2.15. The largest absolute Gasteiger partial charge is 0.486 e. The Morgan fingerprint density at radius 2 is 1.88 bits per heavy atom. The minimum Gasteiger partial charge on any atom is -0.486 e. The summed E-state index contributed by atoms with van der Waals surface area (Å²) in [5.41, 5.74) is 5.14. The van der Waals surface area contributed by atoms with Gasteiger partial charge in [0.15, 0.2) is 11.5 Å². The van der Waals surface area contributed by atoms with Crippen molar-refractivity contribution in [1.29, 1.82) is 0 Å². The van der Waals surface area contributed by atoms with Crippen LogP contribution in [0.4, 0.5) is 4.79 Å². The number of amides is 3. The zero-order valence-corrected chi connectivity index (χ0v) is 8.36. The lowest BCUT2D eigenvalue weighted by Crippen LogP contribution is -2.35. The van der Waals surface area contributed by atoms with Gasteiger partial charge < -0.3 is 15.2 Å². The first kappa shape index (κ1) is 10.3. The normalized spacial score (nSPS) is 13.0. The average molecular weight is 222 g/mol. The number of rotatable bonds is 1. The Morgan fingerprint density at radius 3 is 2.56 bits per heavy atom. The molecule has 0 saturated carbocycles. The topological polar surface area (TPSA) is 90.7 Å². The van der Waals surface area contributed by atoms with E-state index in [0.29, 0.717) is 30.3 Å². The molecule has 3 amide bonds. The molecule has 84 valence electrons. The standard InChI is InChI=1S/C10H10N2O4/c11-10(14)12-9(13)6-1-2-7-8(5-6)16-4-3-15-7/h1-2,5H,3-4H2,(H3,11,12,13,14). The van der Waals surface area contributed by atoms with E-state index in [1.165, 1.54) is 12.1 Å². The highest BCUT2D eigenvalue weighted by atomic mass is 16.6. The maximum atomic E-state index is 11.4. The number of nitrogens with one attached hydrogen (secondary N) is 1. The molecule has 6 nitrogen and oxygen atoms in total. The lowest BCUT2D eigenvalue weighted by Gasteiger charge is -2.18. The fourth-order valence-corrected chi connectivity index (χ4v) is 1.37. The third-order valence-corrected chi connectivity index (χ3v) is 2.04. The number of hydrogen-bond acceptors (Lipinski definition) is 4. The SMILES string of the molecule is NC(=O)NC(=O)c1ccc2c(c1)OCCO2. The highest BCUT2D eigenvalue weighted by Crippen LogP contribution is 2.30. The van der Waals surface area contributed by atoms with Gasteiger partial charge in [-0.2, -0.15) is 0 Å². The van der Waals surface area contributed by atoms with Crippen molar-refractivity contribution >= 4 is 11.9 Å². The van der Waals surface area contributed by atoms with Crippen LogP contribution in [-0.2, 0) is 0 Å². The summed E-state index contributed by atoms with van der Waals surface area (Å²) >= 11 is 0. The van der Waals surface area contributed by atoms with Crippen LogP contribution < -0.4 is 20.5 Å². The number of carbonyl (C=O) groups excluding carboxylic acids is 2. The van der Waals surface area contributed by atoms with Crippen molar-refractivity contribution in [3.63, 3.8) is 0 Å². The smallest absolute Gasteiger partial charge is 0.319 e. The Kier molecular flexibility index (Phi) is 2.63. The van der Waals surface area contributed by atoms with Crippen LogP contribution in [0.2, 0.25) is 0 Å². The summed E-state index contributed by atoms with van der Waals surface area (Å²) in [6.07, 6.45) is 0. The van der Waals surface area contributed by atoms with Gasteiger partial charge in [0.25, 0.3) is 5.91 Å². The van der Waals surface area contributed by atoms with Gasteiger partial charge >= 0.3 is 6.03 Å². The van der Waals surface area contributed by atoms with Crippen LogP contribution in [0.1, 0.15) is 10.4 Å². The summed E-state index contributed by atoms with van der Waals surface area (Å²) in [7, 11) is 0. The molecule has 0 saturated heterocycles. The van der Waals surface area contributed by atoms with Gasteiger partial charge in [-0.15, -0.1) is 0 Å². The number of fused-ring (bicyclic) bond motifs is 1. The number of nitrogens with two attached hydrogens (primary N) is 1. The summed E-state index contributed by atoms with van der Waals surface area (Å²) in [6, 6.07) is 3.77. The first-order chi connectivity index (χ1) is 7.66. The van der Waals surface area contributed by atoms with E-state index in [-0.39, 0.29) is 0 Å². The third kappa shape index (κ3) is 2.05. The number of primary amides is 1. The molecular weight excluding hydrogens is 212 g/mol. The first-order valence-electron chi connectivity index (χ1n) is 4.67. The Bertz CT molecular complexity index is 444. The molecular formula is C10H10N2O4. The van der Waals surface area contributed by atoms with Crippen molar-refractivity contribution in [2.45, 2.75) is 0 Å². The molecule has 1 aromatic carbocycles. The van der Waals surface area contributed by atoms with Gasteiger partial charge in [-0.3, -0.25) is 10.1 Å². The maximum Gasteiger partial charge on any atom is 0.319 e. The van der Waals surface area contributed by atoms with Crippen molar-refractivity contribution in [3.05, 3.63) is 23.8 Å². The minimum atomic E-state index is -0.889. The predicted octanol–water partition coefficient (Wildman–Crippen LogP) is 0.266. The van der Waals surface area contributed by atoms with Gasteiger partial charge in [0.1, 0.15) is 13.2 Å². The van der Waals surface area contributed by atoms with Crippen LogP contribution in [0.25, 0.3) is 0 Å². The monoisotopic (exact) mass is 222 g/mol. The molecule has 0 aliphatic carbocycles. The summed E-state index contributed by atoms with van der Waals surface area (Å²) in [5.74, 6) is 0.509. The minimum absolute atomic E-state index is 0.294.